The van der Waals surface area contributed by atoms with Crippen LogP contribution in [0.5, 0.6) is 0 Å². The van der Waals surface area contributed by atoms with E-state index in [0.29, 0.717) is 0 Å². The first-order valence-electron chi connectivity index (χ1n) is 27.9. The Morgan fingerprint density at radius 1 is 0.292 bits per heavy atom. The average molecular weight is 1320 g/mol. The maximum absolute atomic E-state index is 11.4. The van der Waals surface area contributed by atoms with Crippen LogP contribution >= 0.6 is 0 Å². The van der Waals surface area contributed by atoms with Gasteiger partial charge in [-0.3, -0.25) is 0 Å². The van der Waals surface area contributed by atoms with E-state index in [4.69, 9.17) is 66.3 Å². The van der Waals surface area contributed by atoms with E-state index in [1.807, 2.05) is 0 Å². The van der Waals surface area contributed by atoms with Gasteiger partial charge in [0.2, 0.25) is 0 Å². The van der Waals surface area contributed by atoms with E-state index < -0.39 is 292 Å². The largest absolute Gasteiger partial charge is 0.394 e. The van der Waals surface area contributed by atoms with Crippen LogP contribution in [0, 0.1) is 0 Å². The molecule has 0 bridgehead atoms. The first-order chi connectivity index (χ1) is 42.2. The molecule has 7 aliphatic rings. The van der Waals surface area contributed by atoms with Gasteiger partial charge in [-0.25, -0.2) is 0 Å². The van der Waals surface area contributed by atoms with Crippen LogP contribution in [0.15, 0.2) is 0 Å². The highest BCUT2D eigenvalue weighted by Gasteiger charge is 2.59. The molecule has 26 N–H and O–H groups in total. The number of carbonyl (C=O) groups is 1. The lowest BCUT2D eigenvalue weighted by Gasteiger charge is -2.50. The second-order valence-corrected chi connectivity index (χ2v) is 22.0. The van der Waals surface area contributed by atoms with Gasteiger partial charge < -0.3 is 204 Å². The molecule has 0 radical (unpaired) electrons. The molecule has 7 aliphatic heterocycles. The lowest BCUT2D eigenvalue weighted by Crippen LogP contribution is -2.68. The Morgan fingerprint density at radius 2 is 0.506 bits per heavy atom. The van der Waals surface area contributed by atoms with Crippen LogP contribution in [0.1, 0.15) is 0 Å². The molecule has 7 fully saturated rings. The summed E-state index contributed by atoms with van der Waals surface area (Å²) >= 11 is 0. The highest BCUT2D eigenvalue weighted by molar-refractivity contribution is 5.56. The number of aliphatic hydroxyl groups is 26. The maximum atomic E-state index is 11.4. The Balaban J connectivity index is 0.940. The monoisotopic (exact) mass is 1310 g/mol. The number of hydrogen-bond acceptors (Lipinski definition) is 41. The number of carbonyl (C=O) groups excluding carboxylic acids is 1. The van der Waals surface area contributed by atoms with E-state index in [-0.39, 0.29) is 6.29 Å². The van der Waals surface area contributed by atoms with Crippen LogP contribution in [-0.4, -0.2) is 431 Å². The lowest BCUT2D eigenvalue weighted by atomic mass is 9.95. The van der Waals surface area contributed by atoms with Crippen molar-refractivity contribution in [3.63, 3.8) is 0 Å². The first kappa shape index (κ1) is 74.5. The van der Waals surface area contributed by atoms with Crippen molar-refractivity contribution in [1.82, 2.24) is 0 Å². The Kier molecular flexibility index (Phi) is 27.3. The van der Waals surface area contributed by atoms with E-state index in [1.165, 1.54) is 0 Å². The summed E-state index contributed by atoms with van der Waals surface area (Å²) in [5.41, 5.74) is 0. The summed E-state index contributed by atoms with van der Waals surface area (Å²) in [5.74, 6) is 0. The zero-order chi connectivity index (χ0) is 65.8. The van der Waals surface area contributed by atoms with E-state index >= 15 is 0 Å². The minimum absolute atomic E-state index is 0.140. The van der Waals surface area contributed by atoms with E-state index in [2.05, 4.69) is 0 Å². The summed E-state index contributed by atoms with van der Waals surface area (Å²) in [6.07, 6.45) is -78.7. The molecule has 0 aromatic rings. The molecule has 0 unspecified atom stereocenters. The highest BCUT2D eigenvalue weighted by atomic mass is 16.8. The van der Waals surface area contributed by atoms with Crippen molar-refractivity contribution < 1.29 is 204 Å². The van der Waals surface area contributed by atoms with E-state index in [0.717, 1.165) is 0 Å². The number of aldehydes is 1. The summed E-state index contributed by atoms with van der Waals surface area (Å²) in [5, 5.41) is 276. The van der Waals surface area contributed by atoms with Gasteiger partial charge in [0, 0.05) is 0 Å². The highest BCUT2D eigenvalue weighted by Crippen LogP contribution is 2.38. The number of rotatable bonds is 26. The third-order valence-electron chi connectivity index (χ3n) is 16.2. The van der Waals surface area contributed by atoms with Gasteiger partial charge >= 0.3 is 0 Å². The molecule has 89 heavy (non-hydrogen) atoms. The second kappa shape index (κ2) is 32.7. The fourth-order valence-electron chi connectivity index (χ4n) is 11.0. The molecule has 0 spiro atoms. The van der Waals surface area contributed by atoms with Crippen molar-refractivity contribution in [3.05, 3.63) is 0 Å². The van der Waals surface area contributed by atoms with E-state index in [1.54, 1.807) is 0 Å². The third kappa shape index (κ3) is 15.8. The van der Waals surface area contributed by atoms with Crippen molar-refractivity contribution in [3.8, 4) is 0 Å². The first-order valence-corrected chi connectivity index (χ1v) is 27.9. The minimum atomic E-state index is -2.28. The summed E-state index contributed by atoms with van der Waals surface area (Å²) < 4.78 is 77.9. The molecular weight excluding hydrogens is 1230 g/mol. The molecule has 520 valence electrons. The van der Waals surface area contributed by atoms with Crippen molar-refractivity contribution in [2.45, 2.75) is 239 Å². The van der Waals surface area contributed by atoms with Crippen molar-refractivity contribution >= 4 is 6.29 Å². The zero-order valence-electron chi connectivity index (χ0n) is 46.5. The molecule has 0 aliphatic carbocycles. The van der Waals surface area contributed by atoms with Gasteiger partial charge in [-0.15, -0.1) is 0 Å². The fraction of sp³-hybridized carbons (Fsp3) is 0.979. The van der Waals surface area contributed by atoms with E-state index in [9.17, 15) is 138 Å². The lowest BCUT2D eigenvalue weighted by molar-refractivity contribution is -0.398. The SMILES string of the molecule is O=C[C@H](O)[C@@H](O)[C@H](O[C@@H]1O[C@H](CO)[C@@H](O[C@@H]2O[C@H](CO)[C@@H](O[C@@H]3O[C@H](CO)[C@@H](O[C@@H]4O[C@H](CO)[C@@H](O[C@@H]5O[C@H](CO)[C@@H](O[C@@H]6O[C@H](CO)[C@@H](O[C@@H]7O[C@H](CO)[C@@H](O)[C@H](O)[C@H]7O)[C@H](O)[C@H]6O)[C@H](O)[C@H]5O)[C@H](O)[C@H]4O)[C@H](O)[C@H]3O)[C@H](O)[C@H]2O)[C@H](O)[C@H]1O)[C@H](O)CO. The van der Waals surface area contributed by atoms with Gasteiger partial charge in [0.1, 0.15) is 195 Å². The summed E-state index contributed by atoms with van der Waals surface area (Å²) in [6, 6.07) is 0. The Morgan fingerprint density at radius 3 is 0.730 bits per heavy atom. The van der Waals surface area contributed by atoms with Gasteiger partial charge in [-0.2, -0.15) is 0 Å². The van der Waals surface area contributed by atoms with Gasteiger partial charge in [-0.05, 0) is 0 Å². The summed E-state index contributed by atoms with van der Waals surface area (Å²) in [6.45, 7) is -8.41. The smallest absolute Gasteiger partial charge is 0.187 e. The van der Waals surface area contributed by atoms with Gasteiger partial charge in [0.15, 0.2) is 50.3 Å². The molecule has 7 saturated heterocycles. The Bertz CT molecular complexity index is 2100. The summed E-state index contributed by atoms with van der Waals surface area (Å²) in [7, 11) is 0. The predicted molar refractivity (Wildman–Crippen MR) is 266 cm³/mol. The molecule has 7 rings (SSSR count). The van der Waals surface area contributed by atoms with Crippen LogP contribution in [0.4, 0.5) is 0 Å². The molecule has 0 amide bonds. The van der Waals surface area contributed by atoms with Crippen molar-refractivity contribution in [2.24, 2.45) is 0 Å². The van der Waals surface area contributed by atoms with Crippen molar-refractivity contribution in [2.75, 3.05) is 52.9 Å². The molecule has 7 heterocycles. The molecule has 41 nitrogen and oxygen atoms in total. The molecular formula is C48H82O41. The number of ether oxygens (including phenoxy) is 14. The van der Waals surface area contributed by atoms with Crippen LogP contribution in [0.2, 0.25) is 0 Å². The normalized spacial score (nSPS) is 49.8. The molecule has 0 aromatic heterocycles. The number of aliphatic hydroxyl groups excluding tert-OH is 26. The predicted octanol–water partition coefficient (Wildman–Crippen LogP) is -18.6. The minimum Gasteiger partial charge on any atom is -0.394 e. The zero-order valence-corrected chi connectivity index (χ0v) is 46.5. The summed E-state index contributed by atoms with van der Waals surface area (Å²) in [4.78, 5) is 11.1. The third-order valence-corrected chi connectivity index (χ3v) is 16.2. The van der Waals surface area contributed by atoms with Gasteiger partial charge in [0.05, 0.1) is 52.9 Å². The number of hydrogen-bond donors (Lipinski definition) is 26. The van der Waals surface area contributed by atoms with Crippen molar-refractivity contribution in [1.29, 1.82) is 0 Å². The van der Waals surface area contributed by atoms with Crippen LogP contribution in [-0.2, 0) is 71.1 Å². The van der Waals surface area contributed by atoms with Crippen LogP contribution in [0.25, 0.3) is 0 Å². The standard InChI is InChI=1S/C48H82O41/c49-1-10(58)19(60)35(11(59)2-50)83-43-29(70)22(63)37(13(4-52)77-43)85-45-31(72)24(65)39(15(6-54)79-45)87-47-33(74)26(67)41(17(8-56)81-47)89-48-34(75)27(68)40(18(9-57)82-48)88-46-32(73)25(66)38(16(7-55)80-46)86-44-30(71)23(64)36(14(5-53)78-44)84-42-28(69)21(62)20(61)12(3-51)76-42/h1,10-48,50-75H,2-9H2/t10-,11+,12+,13+,14+,15+,16+,17+,18+,19+,20+,21-,22+,23+,24+,25+,26+,27+,28+,29+,30+,31+,32+,33+,34+,35+,36+,37+,38+,39+,40+,41+,42-,43-,44-,45-,46-,47-,48-/m0/s1. The topological polar surface area (TPSA) is 672 Å². The molecule has 0 aromatic carbocycles. The van der Waals surface area contributed by atoms with Gasteiger partial charge in [0.25, 0.3) is 0 Å². The Labute approximate surface area is 501 Å². The quantitative estimate of drug-likeness (QED) is 0.0358. The fourth-order valence-corrected chi connectivity index (χ4v) is 11.0. The molecule has 39 atom stereocenters. The second-order valence-electron chi connectivity index (χ2n) is 22.0. The van der Waals surface area contributed by atoms with Crippen LogP contribution in [0.3, 0.4) is 0 Å². The van der Waals surface area contributed by atoms with Gasteiger partial charge in [-0.1, -0.05) is 0 Å². The maximum Gasteiger partial charge on any atom is 0.187 e. The average Bonchev–Trinajstić information content (AvgIpc) is 2.22. The van der Waals surface area contributed by atoms with Crippen LogP contribution < -0.4 is 0 Å². The molecule has 41 heteroatoms. The molecule has 0 saturated carbocycles. The Hall–Kier alpha value is -1.93.